The fraction of sp³-hybridized carbons (Fsp3) is 0.308. The zero-order valence-electron chi connectivity index (χ0n) is 11.8. The summed E-state index contributed by atoms with van der Waals surface area (Å²) >= 11 is 7.23. The second-order valence-corrected chi connectivity index (χ2v) is 5.84. The standard InChI is InChI=1S/C13H16ClN5OS/c1-8-3-4-9(14)5-10(8)16-12(20)7-21-13-18-17-11(6-15)19(13)2/h3-5H,6-7,15H2,1-2H3,(H,16,20). The van der Waals surface area contributed by atoms with E-state index in [9.17, 15) is 4.79 Å². The van der Waals surface area contributed by atoms with Crippen LogP contribution in [0.1, 0.15) is 11.4 Å². The number of anilines is 1. The van der Waals surface area contributed by atoms with Crippen LogP contribution in [-0.2, 0) is 18.4 Å². The fourth-order valence-electron chi connectivity index (χ4n) is 1.69. The molecule has 2 aromatic rings. The Morgan fingerprint density at radius 2 is 2.24 bits per heavy atom. The van der Waals surface area contributed by atoms with E-state index in [0.29, 0.717) is 28.2 Å². The van der Waals surface area contributed by atoms with Crippen LogP contribution in [0.2, 0.25) is 5.02 Å². The molecule has 6 nitrogen and oxygen atoms in total. The van der Waals surface area contributed by atoms with E-state index in [2.05, 4.69) is 15.5 Å². The fourth-order valence-corrected chi connectivity index (χ4v) is 2.60. The van der Waals surface area contributed by atoms with E-state index < -0.39 is 0 Å². The van der Waals surface area contributed by atoms with E-state index in [1.165, 1.54) is 11.8 Å². The van der Waals surface area contributed by atoms with Crippen molar-refractivity contribution in [1.82, 2.24) is 14.8 Å². The Balaban J connectivity index is 1.96. The maximum absolute atomic E-state index is 12.0. The van der Waals surface area contributed by atoms with Gasteiger partial charge in [-0.2, -0.15) is 0 Å². The van der Waals surface area contributed by atoms with E-state index in [4.69, 9.17) is 17.3 Å². The Morgan fingerprint density at radius 3 is 2.90 bits per heavy atom. The predicted molar refractivity (Wildman–Crippen MR) is 84.4 cm³/mol. The number of benzene rings is 1. The molecule has 3 N–H and O–H groups in total. The van der Waals surface area contributed by atoms with Crippen LogP contribution in [0.3, 0.4) is 0 Å². The summed E-state index contributed by atoms with van der Waals surface area (Å²) in [5, 5.41) is 12.0. The quantitative estimate of drug-likeness (QED) is 0.821. The number of nitrogens with zero attached hydrogens (tertiary/aromatic N) is 3. The summed E-state index contributed by atoms with van der Waals surface area (Å²) in [5.74, 6) is 0.800. The molecule has 2 rings (SSSR count). The molecule has 0 saturated heterocycles. The molecule has 112 valence electrons. The van der Waals surface area contributed by atoms with Crippen molar-refractivity contribution in [2.24, 2.45) is 12.8 Å². The molecule has 8 heteroatoms. The van der Waals surface area contributed by atoms with Gasteiger partial charge in [-0.15, -0.1) is 10.2 Å². The van der Waals surface area contributed by atoms with Crippen LogP contribution in [0.15, 0.2) is 23.4 Å². The molecule has 0 aliphatic rings. The van der Waals surface area contributed by atoms with Gasteiger partial charge in [0.15, 0.2) is 5.16 Å². The lowest BCUT2D eigenvalue weighted by atomic mass is 10.2. The van der Waals surface area contributed by atoms with E-state index >= 15 is 0 Å². The molecular weight excluding hydrogens is 310 g/mol. The Labute approximate surface area is 132 Å². The first-order valence-electron chi connectivity index (χ1n) is 6.28. The molecule has 0 fully saturated rings. The largest absolute Gasteiger partial charge is 0.325 e. The third-order valence-electron chi connectivity index (χ3n) is 2.91. The van der Waals surface area contributed by atoms with Gasteiger partial charge >= 0.3 is 0 Å². The van der Waals surface area contributed by atoms with Crippen molar-refractivity contribution in [3.8, 4) is 0 Å². The molecule has 1 aromatic heterocycles. The number of halogens is 1. The topological polar surface area (TPSA) is 85.8 Å². The van der Waals surface area contributed by atoms with E-state index in [1.807, 2.05) is 20.0 Å². The zero-order chi connectivity index (χ0) is 15.4. The number of amides is 1. The van der Waals surface area contributed by atoms with Gasteiger partial charge < -0.3 is 15.6 Å². The molecule has 1 heterocycles. The van der Waals surface area contributed by atoms with Crippen molar-refractivity contribution in [2.45, 2.75) is 18.6 Å². The lowest BCUT2D eigenvalue weighted by Crippen LogP contribution is -2.15. The number of aryl methyl sites for hydroxylation is 1. The SMILES string of the molecule is Cc1ccc(Cl)cc1NC(=O)CSc1nnc(CN)n1C. The summed E-state index contributed by atoms with van der Waals surface area (Å²) in [4.78, 5) is 12.0. The maximum Gasteiger partial charge on any atom is 0.234 e. The monoisotopic (exact) mass is 325 g/mol. The highest BCUT2D eigenvalue weighted by atomic mass is 35.5. The molecule has 0 spiro atoms. The molecule has 0 atom stereocenters. The number of carbonyl (C=O) groups is 1. The van der Waals surface area contributed by atoms with Crippen LogP contribution in [0, 0.1) is 6.92 Å². The van der Waals surface area contributed by atoms with Crippen molar-refractivity contribution in [3.05, 3.63) is 34.6 Å². The van der Waals surface area contributed by atoms with E-state index in [0.717, 1.165) is 5.56 Å². The first-order valence-corrected chi connectivity index (χ1v) is 7.64. The van der Waals surface area contributed by atoms with Gasteiger partial charge in [0.2, 0.25) is 5.91 Å². The van der Waals surface area contributed by atoms with E-state index in [1.54, 1.807) is 16.7 Å². The van der Waals surface area contributed by atoms with Crippen molar-refractivity contribution in [2.75, 3.05) is 11.1 Å². The Morgan fingerprint density at radius 1 is 1.48 bits per heavy atom. The van der Waals surface area contributed by atoms with Crippen molar-refractivity contribution in [1.29, 1.82) is 0 Å². The molecule has 1 amide bonds. The molecule has 21 heavy (non-hydrogen) atoms. The summed E-state index contributed by atoms with van der Waals surface area (Å²) in [6.45, 7) is 2.23. The molecule has 0 bridgehead atoms. The Bertz CT molecular complexity index is 658. The number of carbonyl (C=O) groups excluding carboxylic acids is 1. The van der Waals surface area contributed by atoms with Gasteiger partial charge in [-0.25, -0.2) is 0 Å². The Kier molecular flexibility index (Phi) is 5.22. The number of thioether (sulfide) groups is 1. The summed E-state index contributed by atoms with van der Waals surface area (Å²) in [6, 6.07) is 5.38. The van der Waals surface area contributed by atoms with Crippen LogP contribution in [0.5, 0.6) is 0 Å². The minimum atomic E-state index is -0.123. The van der Waals surface area contributed by atoms with Crippen LogP contribution in [0.4, 0.5) is 5.69 Å². The maximum atomic E-state index is 12.0. The number of aromatic nitrogens is 3. The van der Waals surface area contributed by atoms with Gasteiger partial charge in [0, 0.05) is 17.8 Å². The number of rotatable bonds is 5. The summed E-state index contributed by atoms with van der Waals surface area (Å²) < 4.78 is 1.78. The summed E-state index contributed by atoms with van der Waals surface area (Å²) in [7, 11) is 1.82. The summed E-state index contributed by atoms with van der Waals surface area (Å²) in [5.41, 5.74) is 7.20. The third kappa shape index (κ3) is 3.96. The molecule has 0 unspecified atom stereocenters. The molecule has 1 aromatic carbocycles. The second kappa shape index (κ2) is 6.93. The smallest absolute Gasteiger partial charge is 0.234 e. The molecule has 0 aliphatic heterocycles. The third-order valence-corrected chi connectivity index (χ3v) is 4.17. The average molecular weight is 326 g/mol. The summed E-state index contributed by atoms with van der Waals surface area (Å²) in [6.07, 6.45) is 0. The first-order chi connectivity index (χ1) is 10.0. The number of hydrogen-bond donors (Lipinski definition) is 2. The van der Waals surface area contributed by atoms with Gasteiger partial charge in [-0.05, 0) is 24.6 Å². The minimum Gasteiger partial charge on any atom is -0.325 e. The minimum absolute atomic E-state index is 0.123. The van der Waals surface area contributed by atoms with Gasteiger partial charge in [0.1, 0.15) is 5.82 Å². The van der Waals surface area contributed by atoms with Crippen molar-refractivity contribution in [3.63, 3.8) is 0 Å². The predicted octanol–water partition coefficient (Wildman–Crippen LogP) is 1.97. The number of nitrogens with two attached hydrogens (primary N) is 1. The highest BCUT2D eigenvalue weighted by molar-refractivity contribution is 7.99. The second-order valence-electron chi connectivity index (χ2n) is 4.46. The number of hydrogen-bond acceptors (Lipinski definition) is 5. The first kappa shape index (κ1) is 15.8. The van der Waals surface area contributed by atoms with Crippen molar-refractivity contribution < 1.29 is 4.79 Å². The highest BCUT2D eigenvalue weighted by Crippen LogP contribution is 2.21. The lowest BCUT2D eigenvalue weighted by molar-refractivity contribution is -0.113. The van der Waals surface area contributed by atoms with Gasteiger partial charge in [-0.1, -0.05) is 29.4 Å². The Hall–Kier alpha value is -1.57. The van der Waals surface area contributed by atoms with Crippen LogP contribution >= 0.6 is 23.4 Å². The number of nitrogens with one attached hydrogen (secondary N) is 1. The molecule has 0 radical (unpaired) electrons. The normalized spacial score (nSPS) is 10.7. The van der Waals surface area contributed by atoms with Crippen molar-refractivity contribution >= 4 is 35.0 Å². The molecule has 0 saturated carbocycles. The zero-order valence-corrected chi connectivity index (χ0v) is 13.3. The molecular formula is C13H16ClN5OS. The highest BCUT2D eigenvalue weighted by Gasteiger charge is 2.11. The lowest BCUT2D eigenvalue weighted by Gasteiger charge is -2.08. The van der Waals surface area contributed by atoms with Gasteiger partial charge in [0.25, 0.3) is 0 Å². The molecule has 0 aliphatic carbocycles. The van der Waals surface area contributed by atoms with Crippen LogP contribution in [-0.4, -0.2) is 26.4 Å². The van der Waals surface area contributed by atoms with Crippen LogP contribution in [0.25, 0.3) is 0 Å². The average Bonchev–Trinajstić information content (AvgIpc) is 2.81. The van der Waals surface area contributed by atoms with Gasteiger partial charge in [-0.3, -0.25) is 4.79 Å². The van der Waals surface area contributed by atoms with E-state index in [-0.39, 0.29) is 11.7 Å². The van der Waals surface area contributed by atoms with Crippen LogP contribution < -0.4 is 11.1 Å². The van der Waals surface area contributed by atoms with Gasteiger partial charge in [0.05, 0.1) is 12.3 Å².